The highest BCUT2D eigenvalue weighted by molar-refractivity contribution is 6.46. The zero-order chi connectivity index (χ0) is 23.3. The van der Waals surface area contributed by atoms with Gasteiger partial charge in [-0.1, -0.05) is 11.6 Å². The molecular weight excluding hydrogens is 438 g/mol. The maximum Gasteiger partial charge on any atom is 0.295 e. The summed E-state index contributed by atoms with van der Waals surface area (Å²) in [6.45, 7) is 0.0920. The smallest absolute Gasteiger partial charge is 0.295 e. The summed E-state index contributed by atoms with van der Waals surface area (Å²) in [7, 11) is 2.97. The van der Waals surface area contributed by atoms with E-state index < -0.39 is 17.7 Å². The van der Waals surface area contributed by atoms with E-state index in [-0.39, 0.29) is 37.7 Å². The minimum absolute atomic E-state index is 0.0625. The van der Waals surface area contributed by atoms with Gasteiger partial charge < -0.3 is 29.3 Å². The van der Waals surface area contributed by atoms with Crippen molar-refractivity contribution in [2.75, 3.05) is 40.6 Å². The summed E-state index contributed by atoms with van der Waals surface area (Å²) in [6, 6.07) is 10.4. The predicted octanol–water partition coefficient (Wildman–Crippen LogP) is 2.79. The van der Waals surface area contributed by atoms with E-state index in [2.05, 4.69) is 0 Å². The molecule has 1 fully saturated rings. The van der Waals surface area contributed by atoms with E-state index in [0.29, 0.717) is 27.6 Å². The van der Waals surface area contributed by atoms with Gasteiger partial charge in [0, 0.05) is 22.7 Å². The first kappa shape index (κ1) is 23.6. The lowest BCUT2D eigenvalue weighted by Gasteiger charge is -2.26. The zero-order valence-corrected chi connectivity index (χ0v) is 18.5. The standard InChI is InChI=1S/C23H24ClNO7/c1-30-16-7-8-18(31-2)17(13-16)20-19(21(27)14-3-5-15(24)6-4-14)22(28)23(29)25(20)9-11-32-12-10-26/h3-8,13,20,26-27H,9-12H2,1-2H3. The van der Waals surface area contributed by atoms with Gasteiger partial charge in [0.1, 0.15) is 17.3 Å². The van der Waals surface area contributed by atoms with Crippen molar-refractivity contribution in [3.05, 3.63) is 64.2 Å². The first-order chi connectivity index (χ1) is 15.4. The number of carbonyl (C=O) groups is 2. The highest BCUT2D eigenvalue weighted by atomic mass is 35.5. The van der Waals surface area contributed by atoms with Gasteiger partial charge in [0.15, 0.2) is 0 Å². The Bertz CT molecular complexity index is 1020. The van der Waals surface area contributed by atoms with E-state index in [1.807, 2.05) is 0 Å². The van der Waals surface area contributed by atoms with E-state index in [1.165, 1.54) is 19.1 Å². The molecular formula is C23H24ClNO7. The van der Waals surface area contributed by atoms with Gasteiger partial charge in [-0.05, 0) is 42.5 Å². The minimum Gasteiger partial charge on any atom is -0.507 e. The van der Waals surface area contributed by atoms with Crippen LogP contribution in [-0.4, -0.2) is 67.4 Å². The van der Waals surface area contributed by atoms with Crippen molar-refractivity contribution in [2.45, 2.75) is 6.04 Å². The van der Waals surface area contributed by atoms with Gasteiger partial charge in [-0.2, -0.15) is 0 Å². The molecule has 0 aromatic heterocycles. The lowest BCUT2D eigenvalue weighted by atomic mass is 9.94. The van der Waals surface area contributed by atoms with Gasteiger partial charge in [0.05, 0.1) is 45.7 Å². The van der Waals surface area contributed by atoms with Gasteiger partial charge in [0.2, 0.25) is 0 Å². The third-order valence-corrected chi connectivity index (χ3v) is 5.35. The molecule has 1 heterocycles. The fraction of sp³-hybridized carbons (Fsp3) is 0.304. The van der Waals surface area contributed by atoms with Crippen molar-refractivity contribution in [3.63, 3.8) is 0 Å². The molecule has 8 nitrogen and oxygen atoms in total. The quantitative estimate of drug-likeness (QED) is 0.256. The monoisotopic (exact) mass is 461 g/mol. The van der Waals surface area contributed by atoms with Gasteiger partial charge in [-0.3, -0.25) is 9.59 Å². The van der Waals surface area contributed by atoms with E-state index in [0.717, 1.165) is 0 Å². The summed E-state index contributed by atoms with van der Waals surface area (Å²) < 4.78 is 16.1. The number of benzene rings is 2. The maximum absolute atomic E-state index is 13.0. The van der Waals surface area contributed by atoms with Crippen LogP contribution >= 0.6 is 11.6 Å². The Morgan fingerprint density at radius 3 is 2.41 bits per heavy atom. The number of ether oxygens (including phenoxy) is 3. The molecule has 2 N–H and O–H groups in total. The Balaban J connectivity index is 2.16. The van der Waals surface area contributed by atoms with E-state index in [1.54, 1.807) is 42.5 Å². The zero-order valence-electron chi connectivity index (χ0n) is 17.7. The van der Waals surface area contributed by atoms with Crippen LogP contribution in [0.3, 0.4) is 0 Å². The lowest BCUT2D eigenvalue weighted by Crippen LogP contribution is -2.33. The van der Waals surface area contributed by atoms with Gasteiger partial charge in [-0.15, -0.1) is 0 Å². The van der Waals surface area contributed by atoms with Gasteiger partial charge >= 0.3 is 0 Å². The van der Waals surface area contributed by atoms with Crippen LogP contribution in [0, 0.1) is 0 Å². The molecule has 1 saturated heterocycles. The van der Waals surface area contributed by atoms with E-state index >= 15 is 0 Å². The number of methoxy groups -OCH3 is 2. The van der Waals surface area contributed by atoms with Crippen molar-refractivity contribution in [2.24, 2.45) is 0 Å². The van der Waals surface area contributed by atoms with Crippen LogP contribution in [0.1, 0.15) is 17.2 Å². The van der Waals surface area contributed by atoms with Gasteiger partial charge in [-0.25, -0.2) is 0 Å². The molecule has 170 valence electrons. The molecule has 32 heavy (non-hydrogen) atoms. The molecule has 0 bridgehead atoms. The normalized spacial score (nSPS) is 17.6. The van der Waals surface area contributed by atoms with E-state index in [4.69, 9.17) is 30.9 Å². The Labute approximate surface area is 190 Å². The number of aliphatic hydroxyl groups excluding tert-OH is 2. The SMILES string of the molecule is COc1ccc(OC)c(C2C(=C(O)c3ccc(Cl)cc3)C(=O)C(=O)N2CCOCCO)c1. The van der Waals surface area contributed by atoms with Crippen LogP contribution < -0.4 is 9.47 Å². The Kier molecular flexibility index (Phi) is 7.74. The number of halogens is 1. The first-order valence-electron chi connectivity index (χ1n) is 9.87. The molecule has 2 aromatic carbocycles. The highest BCUT2D eigenvalue weighted by Crippen LogP contribution is 2.43. The number of hydrogen-bond acceptors (Lipinski definition) is 7. The van der Waals surface area contributed by atoms with Crippen LogP contribution in [0.25, 0.3) is 5.76 Å². The fourth-order valence-electron chi connectivity index (χ4n) is 3.58. The Morgan fingerprint density at radius 1 is 1.06 bits per heavy atom. The van der Waals surface area contributed by atoms with Crippen molar-refractivity contribution in [1.29, 1.82) is 0 Å². The molecule has 2 aromatic rings. The third-order valence-electron chi connectivity index (χ3n) is 5.10. The van der Waals surface area contributed by atoms with Gasteiger partial charge in [0.25, 0.3) is 11.7 Å². The molecule has 0 spiro atoms. The largest absolute Gasteiger partial charge is 0.507 e. The second-order valence-electron chi connectivity index (χ2n) is 6.94. The molecule has 1 aliphatic rings. The molecule has 1 atom stereocenters. The molecule has 0 radical (unpaired) electrons. The van der Waals surface area contributed by atoms with Crippen LogP contribution in [0.15, 0.2) is 48.0 Å². The average Bonchev–Trinajstić information content (AvgIpc) is 3.06. The second kappa shape index (κ2) is 10.5. The van der Waals surface area contributed by atoms with Crippen molar-refractivity contribution >= 4 is 29.1 Å². The van der Waals surface area contributed by atoms with Crippen LogP contribution in [0.4, 0.5) is 0 Å². The summed E-state index contributed by atoms with van der Waals surface area (Å²) in [5, 5.41) is 20.4. The maximum atomic E-state index is 13.0. The number of likely N-dealkylation sites (tertiary alicyclic amines) is 1. The Hall–Kier alpha value is -3.07. The fourth-order valence-corrected chi connectivity index (χ4v) is 3.71. The molecule has 1 unspecified atom stereocenters. The van der Waals surface area contributed by atoms with Crippen molar-refractivity contribution < 1.29 is 34.0 Å². The second-order valence-corrected chi connectivity index (χ2v) is 7.38. The molecule has 0 aliphatic carbocycles. The number of rotatable bonds is 9. The molecule has 1 amide bonds. The third kappa shape index (κ3) is 4.72. The number of aliphatic hydroxyl groups is 2. The first-order valence-corrected chi connectivity index (χ1v) is 10.3. The number of hydrogen-bond donors (Lipinski definition) is 2. The molecule has 0 saturated carbocycles. The summed E-state index contributed by atoms with van der Waals surface area (Å²) in [5.74, 6) is -1.01. The minimum atomic E-state index is -0.937. The number of ketones is 1. The number of nitrogens with zero attached hydrogens (tertiary/aromatic N) is 1. The molecule has 1 aliphatic heterocycles. The topological polar surface area (TPSA) is 106 Å². The van der Waals surface area contributed by atoms with Crippen LogP contribution in [0.5, 0.6) is 11.5 Å². The van der Waals surface area contributed by atoms with Crippen LogP contribution in [-0.2, 0) is 14.3 Å². The summed E-state index contributed by atoms with van der Waals surface area (Å²) in [4.78, 5) is 27.3. The average molecular weight is 462 g/mol. The summed E-state index contributed by atoms with van der Waals surface area (Å²) >= 11 is 5.94. The summed E-state index contributed by atoms with van der Waals surface area (Å²) in [5.41, 5.74) is 0.741. The van der Waals surface area contributed by atoms with Crippen LogP contribution in [0.2, 0.25) is 5.02 Å². The number of amides is 1. The number of Topliss-reactive ketones (excluding diaryl/α,β-unsaturated/α-hetero) is 1. The molecule has 9 heteroatoms. The molecule has 3 rings (SSSR count). The van der Waals surface area contributed by atoms with Crippen molar-refractivity contribution in [3.8, 4) is 11.5 Å². The highest BCUT2D eigenvalue weighted by Gasteiger charge is 2.47. The Morgan fingerprint density at radius 2 is 1.78 bits per heavy atom. The number of carbonyl (C=O) groups excluding carboxylic acids is 2. The lowest BCUT2D eigenvalue weighted by molar-refractivity contribution is -0.140. The van der Waals surface area contributed by atoms with E-state index in [9.17, 15) is 14.7 Å². The van der Waals surface area contributed by atoms with Crippen molar-refractivity contribution in [1.82, 2.24) is 4.90 Å². The summed E-state index contributed by atoms with van der Waals surface area (Å²) in [6.07, 6.45) is 0. The predicted molar refractivity (Wildman–Crippen MR) is 118 cm³/mol.